The van der Waals surface area contributed by atoms with E-state index in [4.69, 9.17) is 9.47 Å². The summed E-state index contributed by atoms with van der Waals surface area (Å²) in [5.74, 6) is -1.34. The molecular formula is C16H22BrNO3. The third-order valence-electron chi connectivity index (χ3n) is 3.95. The van der Waals surface area contributed by atoms with Crippen LogP contribution in [0.3, 0.4) is 0 Å². The number of halogens is 1. The molecule has 2 rings (SSSR count). The number of rotatable bonds is 5. The van der Waals surface area contributed by atoms with Crippen LogP contribution in [-0.2, 0) is 19.8 Å². The largest absolute Gasteiger partial charge is 0.347 e. The van der Waals surface area contributed by atoms with Crippen LogP contribution in [-0.4, -0.2) is 30.2 Å². The third kappa shape index (κ3) is 3.47. The van der Waals surface area contributed by atoms with Crippen molar-refractivity contribution in [1.82, 2.24) is 5.32 Å². The Kier molecular flexibility index (Phi) is 5.07. The Balaban J connectivity index is 2.10. The fourth-order valence-corrected chi connectivity index (χ4v) is 3.27. The number of benzene rings is 1. The number of carbonyl (C=O) groups is 1. The zero-order valence-electron chi connectivity index (χ0n) is 12.7. The average Bonchev–Trinajstić information content (AvgIpc) is 2.97. The van der Waals surface area contributed by atoms with E-state index in [0.29, 0.717) is 18.5 Å². The highest BCUT2D eigenvalue weighted by atomic mass is 79.9. The highest BCUT2D eigenvalue weighted by Gasteiger charge is 2.45. The molecule has 116 valence electrons. The molecule has 1 saturated heterocycles. The summed E-state index contributed by atoms with van der Waals surface area (Å²) in [6.45, 7) is 6.85. The molecule has 0 saturated carbocycles. The van der Waals surface area contributed by atoms with Gasteiger partial charge in [0.1, 0.15) is 0 Å². The van der Waals surface area contributed by atoms with Crippen LogP contribution in [0, 0.1) is 5.92 Å². The lowest BCUT2D eigenvalue weighted by Crippen LogP contribution is -2.51. The first-order valence-electron chi connectivity index (χ1n) is 7.13. The standard InChI is InChI=1S/C16H22BrNO3/c1-12(16(11-17)20-9-10-21-16)14(19)18-15(2,3)13-7-5-4-6-8-13/h4-8,12H,9-11H2,1-3H3,(H,18,19)/t12-/m0/s1. The number of hydrogen-bond donors (Lipinski definition) is 1. The van der Waals surface area contributed by atoms with E-state index >= 15 is 0 Å². The van der Waals surface area contributed by atoms with Crippen LogP contribution in [0.25, 0.3) is 0 Å². The number of alkyl halides is 1. The molecule has 0 radical (unpaired) electrons. The van der Waals surface area contributed by atoms with E-state index in [1.165, 1.54) is 0 Å². The number of amides is 1. The second-order valence-corrected chi connectivity index (χ2v) is 6.41. The lowest BCUT2D eigenvalue weighted by atomic mass is 9.92. The Morgan fingerprint density at radius 3 is 2.43 bits per heavy atom. The van der Waals surface area contributed by atoms with Crippen LogP contribution >= 0.6 is 15.9 Å². The quantitative estimate of drug-likeness (QED) is 0.826. The molecule has 0 aliphatic carbocycles. The molecular weight excluding hydrogens is 334 g/mol. The molecule has 1 amide bonds. The van der Waals surface area contributed by atoms with Gasteiger partial charge in [0.15, 0.2) is 5.79 Å². The van der Waals surface area contributed by atoms with E-state index in [0.717, 1.165) is 5.56 Å². The summed E-state index contributed by atoms with van der Waals surface area (Å²) in [7, 11) is 0. The third-order valence-corrected chi connectivity index (χ3v) is 4.73. The van der Waals surface area contributed by atoms with E-state index in [-0.39, 0.29) is 5.91 Å². The molecule has 0 spiro atoms. The van der Waals surface area contributed by atoms with E-state index in [1.54, 1.807) is 0 Å². The lowest BCUT2D eigenvalue weighted by Gasteiger charge is -2.34. The van der Waals surface area contributed by atoms with E-state index in [2.05, 4.69) is 21.2 Å². The molecule has 0 aromatic heterocycles. The van der Waals surface area contributed by atoms with Gasteiger partial charge in [0.2, 0.25) is 5.91 Å². The first-order valence-corrected chi connectivity index (χ1v) is 8.25. The molecule has 1 aromatic carbocycles. The normalized spacial score (nSPS) is 19.2. The summed E-state index contributed by atoms with van der Waals surface area (Å²) in [5, 5.41) is 3.56. The van der Waals surface area contributed by atoms with Crippen molar-refractivity contribution in [2.75, 3.05) is 18.5 Å². The number of ether oxygens (including phenoxy) is 2. The Labute approximate surface area is 134 Å². The van der Waals surface area contributed by atoms with Crippen LogP contribution in [0.2, 0.25) is 0 Å². The Morgan fingerprint density at radius 2 is 1.90 bits per heavy atom. The molecule has 1 atom stereocenters. The lowest BCUT2D eigenvalue weighted by molar-refractivity contribution is -0.181. The zero-order valence-corrected chi connectivity index (χ0v) is 14.3. The van der Waals surface area contributed by atoms with E-state index in [9.17, 15) is 4.79 Å². The maximum Gasteiger partial charge on any atom is 0.228 e. The van der Waals surface area contributed by atoms with Gasteiger partial charge in [-0.2, -0.15) is 0 Å². The van der Waals surface area contributed by atoms with Crippen molar-refractivity contribution in [3.63, 3.8) is 0 Å². The topological polar surface area (TPSA) is 47.6 Å². The van der Waals surface area contributed by atoms with Crippen molar-refractivity contribution < 1.29 is 14.3 Å². The summed E-state index contributed by atoms with van der Waals surface area (Å²) < 4.78 is 11.3. The highest BCUT2D eigenvalue weighted by Crippen LogP contribution is 2.31. The van der Waals surface area contributed by atoms with Crippen molar-refractivity contribution in [3.05, 3.63) is 35.9 Å². The summed E-state index contributed by atoms with van der Waals surface area (Å²) >= 11 is 3.40. The maximum atomic E-state index is 12.6. The smallest absolute Gasteiger partial charge is 0.228 e. The van der Waals surface area contributed by atoms with Crippen LogP contribution in [0.15, 0.2) is 30.3 Å². The van der Waals surface area contributed by atoms with Gasteiger partial charge >= 0.3 is 0 Å². The van der Waals surface area contributed by atoms with Gasteiger partial charge in [0.05, 0.1) is 30.0 Å². The summed E-state index contributed by atoms with van der Waals surface area (Å²) in [5.41, 5.74) is 0.616. The van der Waals surface area contributed by atoms with E-state index < -0.39 is 17.2 Å². The predicted octanol–water partition coefficient (Wildman–Crippen LogP) is 2.81. The van der Waals surface area contributed by atoms with E-state index in [1.807, 2.05) is 51.1 Å². The number of carbonyl (C=O) groups excluding carboxylic acids is 1. The van der Waals surface area contributed by atoms with Crippen molar-refractivity contribution in [2.45, 2.75) is 32.1 Å². The van der Waals surface area contributed by atoms with Gasteiger partial charge in [-0.05, 0) is 26.3 Å². The monoisotopic (exact) mass is 355 g/mol. The molecule has 4 nitrogen and oxygen atoms in total. The SMILES string of the molecule is C[C@@H](C(=O)NC(C)(C)c1ccccc1)C1(CBr)OCCO1. The van der Waals surface area contributed by atoms with Gasteiger partial charge in [0, 0.05) is 0 Å². The summed E-state index contributed by atoms with van der Waals surface area (Å²) in [4.78, 5) is 12.6. The van der Waals surface area contributed by atoms with Crippen LogP contribution in [0.5, 0.6) is 0 Å². The van der Waals surface area contributed by atoms with Crippen molar-refractivity contribution >= 4 is 21.8 Å². The first-order chi connectivity index (χ1) is 9.91. The molecule has 0 bridgehead atoms. The molecule has 1 aliphatic heterocycles. The van der Waals surface area contributed by atoms with Crippen molar-refractivity contribution in [1.29, 1.82) is 0 Å². The minimum Gasteiger partial charge on any atom is -0.347 e. The molecule has 1 aromatic rings. The molecule has 1 aliphatic rings. The van der Waals surface area contributed by atoms with Gasteiger partial charge < -0.3 is 14.8 Å². The van der Waals surface area contributed by atoms with Gasteiger partial charge in [0.25, 0.3) is 0 Å². The Hall–Kier alpha value is -0.910. The van der Waals surface area contributed by atoms with Crippen molar-refractivity contribution in [2.24, 2.45) is 5.92 Å². The van der Waals surface area contributed by atoms with Crippen molar-refractivity contribution in [3.8, 4) is 0 Å². The van der Waals surface area contributed by atoms with Crippen LogP contribution < -0.4 is 5.32 Å². The van der Waals surface area contributed by atoms with Gasteiger partial charge in [-0.1, -0.05) is 46.3 Å². The molecule has 1 fully saturated rings. The fourth-order valence-electron chi connectivity index (χ4n) is 2.46. The predicted molar refractivity (Wildman–Crippen MR) is 85.2 cm³/mol. The van der Waals surface area contributed by atoms with Gasteiger partial charge in [-0.3, -0.25) is 4.79 Å². The highest BCUT2D eigenvalue weighted by molar-refractivity contribution is 9.09. The molecule has 1 heterocycles. The second kappa shape index (κ2) is 6.46. The Morgan fingerprint density at radius 1 is 1.33 bits per heavy atom. The molecule has 0 unspecified atom stereocenters. The van der Waals surface area contributed by atoms with Crippen LogP contribution in [0.1, 0.15) is 26.3 Å². The molecule has 5 heteroatoms. The number of hydrogen-bond acceptors (Lipinski definition) is 3. The summed E-state index contributed by atoms with van der Waals surface area (Å²) in [6.07, 6.45) is 0. The molecule has 21 heavy (non-hydrogen) atoms. The maximum absolute atomic E-state index is 12.6. The second-order valence-electron chi connectivity index (χ2n) is 5.84. The summed E-state index contributed by atoms with van der Waals surface area (Å²) in [6, 6.07) is 9.91. The number of nitrogens with one attached hydrogen (secondary N) is 1. The van der Waals surface area contributed by atoms with Gasteiger partial charge in [-0.15, -0.1) is 0 Å². The molecule has 1 N–H and O–H groups in total. The zero-order chi connectivity index (χ0) is 15.5. The fraction of sp³-hybridized carbons (Fsp3) is 0.562. The van der Waals surface area contributed by atoms with Gasteiger partial charge in [-0.25, -0.2) is 0 Å². The van der Waals surface area contributed by atoms with Crippen LogP contribution in [0.4, 0.5) is 0 Å². The average molecular weight is 356 g/mol. The minimum absolute atomic E-state index is 0.0785. The Bertz CT molecular complexity index is 484. The minimum atomic E-state index is -0.864. The first kappa shape index (κ1) is 16.5.